The average Bonchev–Trinajstić information content (AvgIpc) is 2.19. The summed E-state index contributed by atoms with van der Waals surface area (Å²) in [5.74, 6) is 0.318. The van der Waals surface area contributed by atoms with E-state index < -0.39 is 0 Å². The summed E-state index contributed by atoms with van der Waals surface area (Å²) in [6.45, 7) is 1.85. The summed E-state index contributed by atoms with van der Waals surface area (Å²) < 4.78 is 5.53. The van der Waals surface area contributed by atoms with Crippen LogP contribution < -0.4 is 5.32 Å². The largest absolute Gasteiger partial charge is 0.508 e. The van der Waals surface area contributed by atoms with Gasteiger partial charge in [-0.25, -0.2) is 0 Å². The van der Waals surface area contributed by atoms with Crippen LogP contribution in [-0.2, 0) is 11.2 Å². The molecule has 0 radical (unpaired) electrons. The summed E-state index contributed by atoms with van der Waals surface area (Å²) in [5.41, 5.74) is 1.10. The zero-order chi connectivity index (χ0) is 9.80. The van der Waals surface area contributed by atoms with Crippen LogP contribution in [0.15, 0.2) is 24.3 Å². The number of hydrogen-bond donors (Lipinski definition) is 2. The Kier molecular flexibility index (Phi) is 3.01. The fraction of sp³-hybridized carbons (Fsp3) is 0.455. The van der Waals surface area contributed by atoms with Crippen LogP contribution in [0.5, 0.6) is 5.75 Å². The van der Waals surface area contributed by atoms with Gasteiger partial charge in [-0.15, -0.1) is 0 Å². The van der Waals surface area contributed by atoms with Gasteiger partial charge in [0.25, 0.3) is 0 Å². The van der Waals surface area contributed by atoms with Crippen molar-refractivity contribution in [2.24, 2.45) is 0 Å². The average molecular weight is 193 g/mol. The van der Waals surface area contributed by atoms with Gasteiger partial charge >= 0.3 is 0 Å². The Balaban J connectivity index is 1.95. The van der Waals surface area contributed by atoms with Gasteiger partial charge in [-0.2, -0.15) is 0 Å². The van der Waals surface area contributed by atoms with E-state index in [1.54, 1.807) is 12.1 Å². The third-order valence-electron chi connectivity index (χ3n) is 2.34. The molecule has 1 aromatic carbocycles. The zero-order valence-electron chi connectivity index (χ0n) is 8.07. The summed E-state index contributed by atoms with van der Waals surface area (Å²) >= 11 is 0. The minimum Gasteiger partial charge on any atom is -0.508 e. The lowest BCUT2D eigenvalue weighted by atomic mass is 10.1. The van der Waals surface area contributed by atoms with E-state index in [-0.39, 0.29) is 6.23 Å². The van der Waals surface area contributed by atoms with Crippen molar-refractivity contribution < 1.29 is 9.84 Å². The second kappa shape index (κ2) is 4.44. The maximum absolute atomic E-state index is 9.28. The second-order valence-electron chi connectivity index (χ2n) is 3.54. The van der Waals surface area contributed by atoms with Crippen molar-refractivity contribution in [2.75, 3.05) is 13.2 Å². The standard InChI is InChI=1S/C11H15NO2/c13-10-4-1-3-9(7-10)8-11-12-5-2-6-14-11/h1,3-4,7,11-13H,2,5-6,8H2. The van der Waals surface area contributed by atoms with Crippen molar-refractivity contribution in [3.05, 3.63) is 29.8 Å². The predicted molar refractivity (Wildman–Crippen MR) is 54.2 cm³/mol. The van der Waals surface area contributed by atoms with Crippen molar-refractivity contribution in [3.63, 3.8) is 0 Å². The monoisotopic (exact) mass is 193 g/mol. The van der Waals surface area contributed by atoms with Gasteiger partial charge < -0.3 is 9.84 Å². The van der Waals surface area contributed by atoms with Crippen molar-refractivity contribution in [2.45, 2.75) is 19.1 Å². The highest BCUT2D eigenvalue weighted by atomic mass is 16.5. The minimum atomic E-state index is 0.102. The lowest BCUT2D eigenvalue weighted by Gasteiger charge is -2.24. The molecule has 0 aliphatic carbocycles. The minimum absolute atomic E-state index is 0.102. The maximum Gasteiger partial charge on any atom is 0.115 e. The number of hydrogen-bond acceptors (Lipinski definition) is 3. The molecular weight excluding hydrogens is 178 g/mol. The topological polar surface area (TPSA) is 41.5 Å². The van der Waals surface area contributed by atoms with Crippen LogP contribution in [0, 0.1) is 0 Å². The zero-order valence-corrected chi connectivity index (χ0v) is 8.07. The highest BCUT2D eigenvalue weighted by Gasteiger charge is 2.12. The molecular formula is C11H15NO2. The molecule has 0 aromatic heterocycles. The number of benzene rings is 1. The normalized spacial score (nSPS) is 22.1. The Labute approximate surface area is 83.7 Å². The smallest absolute Gasteiger partial charge is 0.115 e. The summed E-state index contributed by atoms with van der Waals surface area (Å²) in [4.78, 5) is 0. The number of phenols is 1. The molecule has 14 heavy (non-hydrogen) atoms. The first-order valence-corrected chi connectivity index (χ1v) is 4.97. The molecule has 1 saturated heterocycles. The van der Waals surface area contributed by atoms with Gasteiger partial charge in [0, 0.05) is 13.0 Å². The molecule has 1 aliphatic heterocycles. The van der Waals surface area contributed by atoms with E-state index in [1.165, 1.54) is 0 Å². The number of rotatable bonds is 2. The van der Waals surface area contributed by atoms with Crippen molar-refractivity contribution in [1.29, 1.82) is 0 Å². The number of phenolic OH excluding ortho intramolecular Hbond substituents is 1. The van der Waals surface area contributed by atoms with Gasteiger partial charge in [-0.3, -0.25) is 5.32 Å². The van der Waals surface area contributed by atoms with Crippen molar-refractivity contribution in [1.82, 2.24) is 5.32 Å². The highest BCUT2D eigenvalue weighted by Crippen LogP contribution is 2.13. The lowest BCUT2D eigenvalue weighted by Crippen LogP contribution is -2.39. The molecule has 1 fully saturated rings. The van der Waals surface area contributed by atoms with E-state index >= 15 is 0 Å². The predicted octanol–water partition coefficient (Wildman–Crippen LogP) is 1.27. The van der Waals surface area contributed by atoms with E-state index in [9.17, 15) is 5.11 Å². The molecule has 3 nitrogen and oxygen atoms in total. The molecule has 0 saturated carbocycles. The van der Waals surface area contributed by atoms with E-state index in [1.807, 2.05) is 12.1 Å². The van der Waals surface area contributed by atoms with Crippen molar-refractivity contribution in [3.8, 4) is 5.75 Å². The Bertz CT molecular complexity index is 295. The Hall–Kier alpha value is -1.06. The SMILES string of the molecule is Oc1cccc(CC2NCCCO2)c1. The van der Waals surface area contributed by atoms with Crippen LogP contribution in [0.2, 0.25) is 0 Å². The summed E-state index contributed by atoms with van der Waals surface area (Å²) in [7, 11) is 0. The fourth-order valence-electron chi connectivity index (χ4n) is 1.65. The molecule has 1 heterocycles. The van der Waals surface area contributed by atoms with Gasteiger partial charge in [0.2, 0.25) is 0 Å². The lowest BCUT2D eigenvalue weighted by molar-refractivity contribution is 0.00193. The molecule has 0 spiro atoms. The molecule has 0 bridgehead atoms. The first kappa shape index (κ1) is 9.49. The van der Waals surface area contributed by atoms with E-state index in [4.69, 9.17) is 4.74 Å². The molecule has 0 amide bonds. The summed E-state index contributed by atoms with van der Waals surface area (Å²) in [5, 5.41) is 12.6. The first-order chi connectivity index (χ1) is 6.84. The van der Waals surface area contributed by atoms with Gasteiger partial charge in [-0.1, -0.05) is 12.1 Å². The van der Waals surface area contributed by atoms with Crippen LogP contribution in [0.25, 0.3) is 0 Å². The third kappa shape index (κ3) is 2.47. The van der Waals surface area contributed by atoms with Gasteiger partial charge in [0.05, 0.1) is 0 Å². The van der Waals surface area contributed by atoms with E-state index in [0.717, 1.165) is 31.6 Å². The number of aromatic hydroxyl groups is 1. The first-order valence-electron chi connectivity index (χ1n) is 4.97. The Morgan fingerprint density at radius 2 is 2.43 bits per heavy atom. The summed E-state index contributed by atoms with van der Waals surface area (Å²) in [6, 6.07) is 7.31. The molecule has 76 valence electrons. The molecule has 2 rings (SSSR count). The summed E-state index contributed by atoms with van der Waals surface area (Å²) in [6.07, 6.45) is 2.00. The van der Waals surface area contributed by atoms with Crippen LogP contribution in [0.4, 0.5) is 0 Å². The van der Waals surface area contributed by atoms with Gasteiger partial charge in [-0.05, 0) is 30.7 Å². The second-order valence-corrected chi connectivity index (χ2v) is 3.54. The van der Waals surface area contributed by atoms with Crippen LogP contribution in [-0.4, -0.2) is 24.5 Å². The molecule has 3 heteroatoms. The quantitative estimate of drug-likeness (QED) is 0.743. The van der Waals surface area contributed by atoms with Gasteiger partial charge in [0.15, 0.2) is 0 Å². The number of ether oxygens (including phenoxy) is 1. The Morgan fingerprint density at radius 3 is 3.14 bits per heavy atom. The molecule has 2 N–H and O–H groups in total. The van der Waals surface area contributed by atoms with Crippen molar-refractivity contribution >= 4 is 0 Å². The molecule has 1 unspecified atom stereocenters. The van der Waals surface area contributed by atoms with E-state index in [0.29, 0.717) is 5.75 Å². The highest BCUT2D eigenvalue weighted by molar-refractivity contribution is 5.27. The number of nitrogens with one attached hydrogen (secondary N) is 1. The van der Waals surface area contributed by atoms with Crippen LogP contribution >= 0.6 is 0 Å². The maximum atomic E-state index is 9.28. The van der Waals surface area contributed by atoms with Gasteiger partial charge in [0.1, 0.15) is 12.0 Å². The van der Waals surface area contributed by atoms with Crippen LogP contribution in [0.1, 0.15) is 12.0 Å². The molecule has 1 aliphatic rings. The van der Waals surface area contributed by atoms with E-state index in [2.05, 4.69) is 5.32 Å². The molecule has 1 aromatic rings. The van der Waals surface area contributed by atoms with Crippen LogP contribution in [0.3, 0.4) is 0 Å². The fourth-order valence-corrected chi connectivity index (χ4v) is 1.65. The Morgan fingerprint density at radius 1 is 1.50 bits per heavy atom. The molecule has 1 atom stereocenters. The third-order valence-corrected chi connectivity index (χ3v) is 2.34.